The van der Waals surface area contributed by atoms with Crippen LogP contribution >= 0.6 is 0 Å². The molecule has 2 N–H and O–H groups in total. The van der Waals surface area contributed by atoms with Gasteiger partial charge >= 0.3 is 0 Å². The number of rotatable bonds is 5. The SMILES string of the molecule is C[C@H](NC(=O)Cn1[nH]c(=O)ccc1=O)c1ccccc1-n1cccn1. The van der Waals surface area contributed by atoms with Crippen molar-refractivity contribution in [3.63, 3.8) is 0 Å². The van der Waals surface area contributed by atoms with Crippen molar-refractivity contribution in [1.29, 1.82) is 0 Å². The summed E-state index contributed by atoms with van der Waals surface area (Å²) in [5.74, 6) is -0.383. The number of benzene rings is 1. The van der Waals surface area contributed by atoms with Crippen molar-refractivity contribution in [1.82, 2.24) is 24.9 Å². The van der Waals surface area contributed by atoms with Crippen LogP contribution in [0.25, 0.3) is 5.69 Å². The monoisotopic (exact) mass is 339 g/mol. The number of para-hydroxylation sites is 1. The van der Waals surface area contributed by atoms with Crippen molar-refractivity contribution in [3.8, 4) is 5.69 Å². The number of nitrogens with one attached hydrogen (secondary N) is 2. The van der Waals surface area contributed by atoms with Gasteiger partial charge in [0, 0.05) is 24.5 Å². The van der Waals surface area contributed by atoms with Crippen molar-refractivity contribution in [2.45, 2.75) is 19.5 Å². The molecular weight excluding hydrogens is 322 g/mol. The molecule has 8 nitrogen and oxygen atoms in total. The predicted octanol–water partition coefficient (Wildman–Crippen LogP) is 0.600. The Morgan fingerprint density at radius 3 is 2.76 bits per heavy atom. The van der Waals surface area contributed by atoms with E-state index < -0.39 is 11.1 Å². The van der Waals surface area contributed by atoms with Gasteiger partial charge in [-0.05, 0) is 24.6 Å². The Bertz CT molecular complexity index is 988. The van der Waals surface area contributed by atoms with E-state index in [0.29, 0.717) is 0 Å². The standard InChI is InChI=1S/C17H17N5O3/c1-12(13-5-2-3-6-14(13)21-10-4-9-18-21)19-16(24)11-22-17(25)8-7-15(23)20-22/h2-10,12H,11H2,1H3,(H,19,24)(H,20,23)/t12-/m0/s1. The van der Waals surface area contributed by atoms with Crippen molar-refractivity contribution in [2.75, 3.05) is 0 Å². The summed E-state index contributed by atoms with van der Waals surface area (Å²) in [6.07, 6.45) is 3.50. The molecule has 1 aromatic carbocycles. The Labute approximate surface area is 142 Å². The van der Waals surface area contributed by atoms with E-state index in [-0.39, 0.29) is 18.5 Å². The minimum absolute atomic E-state index is 0.261. The van der Waals surface area contributed by atoms with Gasteiger partial charge in [0.1, 0.15) is 6.54 Å². The van der Waals surface area contributed by atoms with Gasteiger partial charge in [-0.3, -0.25) is 19.5 Å². The molecule has 2 heterocycles. The Hall–Kier alpha value is -3.42. The lowest BCUT2D eigenvalue weighted by atomic mass is 10.1. The third-order valence-corrected chi connectivity index (χ3v) is 3.72. The van der Waals surface area contributed by atoms with Gasteiger partial charge < -0.3 is 5.32 Å². The number of hydrogen-bond acceptors (Lipinski definition) is 4. The zero-order chi connectivity index (χ0) is 17.8. The van der Waals surface area contributed by atoms with Gasteiger partial charge in [-0.1, -0.05) is 18.2 Å². The van der Waals surface area contributed by atoms with Crippen LogP contribution in [0.3, 0.4) is 0 Å². The highest BCUT2D eigenvalue weighted by molar-refractivity contribution is 5.76. The van der Waals surface area contributed by atoms with Gasteiger partial charge in [-0.15, -0.1) is 0 Å². The summed E-state index contributed by atoms with van der Waals surface area (Å²) in [7, 11) is 0. The molecule has 25 heavy (non-hydrogen) atoms. The molecule has 0 saturated carbocycles. The normalized spacial score (nSPS) is 11.9. The van der Waals surface area contributed by atoms with E-state index in [4.69, 9.17) is 0 Å². The van der Waals surface area contributed by atoms with E-state index in [1.54, 1.807) is 10.9 Å². The van der Waals surface area contributed by atoms with Crippen molar-refractivity contribution in [2.24, 2.45) is 0 Å². The average Bonchev–Trinajstić information content (AvgIpc) is 3.12. The maximum absolute atomic E-state index is 12.2. The maximum atomic E-state index is 12.2. The lowest BCUT2D eigenvalue weighted by Gasteiger charge is -2.18. The highest BCUT2D eigenvalue weighted by Crippen LogP contribution is 2.20. The quantitative estimate of drug-likeness (QED) is 0.710. The summed E-state index contributed by atoms with van der Waals surface area (Å²) in [4.78, 5) is 35.2. The molecule has 0 fully saturated rings. The maximum Gasteiger partial charge on any atom is 0.265 e. The summed E-state index contributed by atoms with van der Waals surface area (Å²) >= 11 is 0. The number of H-pyrrole nitrogens is 1. The molecular formula is C17H17N5O3. The number of aromatic nitrogens is 4. The Morgan fingerprint density at radius 2 is 2.00 bits per heavy atom. The van der Waals surface area contributed by atoms with Gasteiger partial charge in [-0.25, -0.2) is 9.36 Å². The number of carbonyl (C=O) groups is 1. The molecule has 0 radical (unpaired) electrons. The molecule has 0 spiro atoms. The highest BCUT2D eigenvalue weighted by atomic mass is 16.2. The van der Waals surface area contributed by atoms with Crippen LogP contribution in [0.15, 0.2) is 64.4 Å². The minimum Gasteiger partial charge on any atom is -0.348 e. The number of carbonyl (C=O) groups excluding carboxylic acids is 1. The molecule has 0 saturated heterocycles. The third kappa shape index (κ3) is 3.74. The molecule has 3 rings (SSSR count). The van der Waals surface area contributed by atoms with Crippen LogP contribution < -0.4 is 16.4 Å². The average molecular weight is 339 g/mol. The number of nitrogens with zero attached hydrogens (tertiary/aromatic N) is 3. The van der Waals surface area contributed by atoms with E-state index in [1.807, 2.05) is 43.5 Å². The number of hydrogen-bond donors (Lipinski definition) is 2. The zero-order valence-electron chi connectivity index (χ0n) is 13.5. The second-order valence-corrected chi connectivity index (χ2v) is 5.53. The molecule has 1 atom stereocenters. The predicted molar refractivity (Wildman–Crippen MR) is 91.4 cm³/mol. The fourth-order valence-corrected chi connectivity index (χ4v) is 2.56. The van der Waals surface area contributed by atoms with E-state index in [1.165, 1.54) is 0 Å². The third-order valence-electron chi connectivity index (χ3n) is 3.72. The van der Waals surface area contributed by atoms with Gasteiger partial charge in [-0.2, -0.15) is 5.10 Å². The van der Waals surface area contributed by atoms with Crippen molar-refractivity contribution >= 4 is 5.91 Å². The molecule has 0 aliphatic heterocycles. The number of aromatic amines is 1. The Balaban J connectivity index is 1.78. The lowest BCUT2D eigenvalue weighted by molar-refractivity contribution is -0.122. The van der Waals surface area contributed by atoms with Crippen LogP contribution in [0.2, 0.25) is 0 Å². The molecule has 2 aromatic heterocycles. The summed E-state index contributed by atoms with van der Waals surface area (Å²) in [5.41, 5.74) is 0.850. The molecule has 0 unspecified atom stereocenters. The summed E-state index contributed by atoms with van der Waals surface area (Å²) < 4.78 is 2.70. The van der Waals surface area contributed by atoms with Gasteiger partial charge in [0.25, 0.3) is 11.1 Å². The van der Waals surface area contributed by atoms with Crippen LogP contribution in [-0.2, 0) is 11.3 Å². The second kappa shape index (κ2) is 7.00. The molecule has 0 bridgehead atoms. The van der Waals surface area contributed by atoms with Crippen LogP contribution in [0.4, 0.5) is 0 Å². The van der Waals surface area contributed by atoms with Crippen LogP contribution in [0.5, 0.6) is 0 Å². The highest BCUT2D eigenvalue weighted by Gasteiger charge is 2.15. The van der Waals surface area contributed by atoms with Crippen LogP contribution in [0.1, 0.15) is 18.5 Å². The first kappa shape index (κ1) is 16.4. The molecule has 8 heteroatoms. The molecule has 3 aromatic rings. The first-order valence-electron chi connectivity index (χ1n) is 7.73. The topological polar surface area (TPSA) is 102 Å². The number of amides is 1. The second-order valence-electron chi connectivity index (χ2n) is 5.53. The van der Waals surface area contributed by atoms with Gasteiger partial charge in [0.2, 0.25) is 5.91 Å². The first-order chi connectivity index (χ1) is 12.0. The fraction of sp³-hybridized carbons (Fsp3) is 0.176. The van der Waals surface area contributed by atoms with E-state index in [9.17, 15) is 14.4 Å². The first-order valence-corrected chi connectivity index (χ1v) is 7.73. The summed E-state index contributed by atoms with van der Waals surface area (Å²) in [5, 5.41) is 9.38. The van der Waals surface area contributed by atoms with Crippen LogP contribution in [0, 0.1) is 0 Å². The smallest absolute Gasteiger partial charge is 0.265 e. The van der Waals surface area contributed by atoms with E-state index in [0.717, 1.165) is 28.1 Å². The lowest BCUT2D eigenvalue weighted by Crippen LogP contribution is -2.37. The Morgan fingerprint density at radius 1 is 1.20 bits per heavy atom. The molecule has 1 amide bonds. The van der Waals surface area contributed by atoms with Crippen LogP contribution in [-0.4, -0.2) is 25.5 Å². The van der Waals surface area contributed by atoms with E-state index in [2.05, 4.69) is 15.5 Å². The molecule has 0 aliphatic rings. The summed E-state index contributed by atoms with van der Waals surface area (Å²) in [6.45, 7) is 1.58. The largest absolute Gasteiger partial charge is 0.348 e. The summed E-state index contributed by atoms with van der Waals surface area (Å²) in [6, 6.07) is 11.3. The molecule has 128 valence electrons. The van der Waals surface area contributed by atoms with Gasteiger partial charge in [0.15, 0.2) is 0 Å². The van der Waals surface area contributed by atoms with E-state index >= 15 is 0 Å². The van der Waals surface area contributed by atoms with Crippen molar-refractivity contribution < 1.29 is 4.79 Å². The Kier molecular flexibility index (Phi) is 4.60. The van der Waals surface area contributed by atoms with Crippen molar-refractivity contribution in [3.05, 3.63) is 81.1 Å². The van der Waals surface area contributed by atoms with Gasteiger partial charge in [0.05, 0.1) is 11.7 Å². The molecule has 0 aliphatic carbocycles. The fourth-order valence-electron chi connectivity index (χ4n) is 2.56. The minimum atomic E-state index is -0.445. The zero-order valence-corrected chi connectivity index (χ0v) is 13.5.